The maximum atomic E-state index is 4.45. The summed E-state index contributed by atoms with van der Waals surface area (Å²) in [5.41, 5.74) is 0. The number of nitrogens with zero attached hydrogens (tertiary/aromatic N) is 2. The first-order valence-electron chi connectivity index (χ1n) is 7.09. The fourth-order valence-corrected chi connectivity index (χ4v) is 1.28. The lowest BCUT2D eigenvalue weighted by molar-refractivity contribution is 0.574. The van der Waals surface area contributed by atoms with Crippen LogP contribution in [0.15, 0.2) is 0 Å². The van der Waals surface area contributed by atoms with E-state index in [9.17, 15) is 0 Å². The molecule has 0 rings (SSSR count). The largest absolute Gasteiger partial charge is 0.242 e. The molecule has 0 aromatic rings. The Morgan fingerprint density at radius 2 is 1.00 bits per heavy atom. The highest BCUT2D eigenvalue weighted by Gasteiger charge is 1.88. The fourth-order valence-electron chi connectivity index (χ4n) is 1.28. The first-order valence-corrected chi connectivity index (χ1v) is 7.09. The molecule has 0 aromatic heterocycles. The first kappa shape index (κ1) is 18.3. The van der Waals surface area contributed by atoms with E-state index in [0.29, 0.717) is 0 Å². The summed E-state index contributed by atoms with van der Waals surface area (Å²) in [6.45, 7) is 12.7. The first-order chi connectivity index (χ1) is 7.83. The van der Waals surface area contributed by atoms with Gasteiger partial charge in [0.15, 0.2) is 0 Å². The van der Waals surface area contributed by atoms with Crippen molar-refractivity contribution in [2.75, 3.05) is 26.2 Å². The smallest absolute Gasteiger partial charge is 0.0133 e. The molecule has 2 heteroatoms. The van der Waals surface area contributed by atoms with Gasteiger partial charge in [0.2, 0.25) is 0 Å². The van der Waals surface area contributed by atoms with Gasteiger partial charge in [0.25, 0.3) is 0 Å². The third-order valence-corrected chi connectivity index (χ3v) is 2.29. The predicted molar refractivity (Wildman–Crippen MR) is 74.1 cm³/mol. The van der Waals surface area contributed by atoms with E-state index in [4.69, 9.17) is 0 Å². The Morgan fingerprint density at radius 3 is 1.25 bits per heavy atom. The standard InChI is InChI=1S/C10H22N.C4H10N/c1-3-5-7-9-11-10-8-6-4-2;1-3-5-4-2/h3-10H2,1-2H3;3-4H2,1-2H3. The van der Waals surface area contributed by atoms with Crippen molar-refractivity contribution in [3.05, 3.63) is 0 Å². The number of rotatable bonds is 10. The Hall–Kier alpha value is -0.0800. The summed E-state index contributed by atoms with van der Waals surface area (Å²) in [6, 6.07) is 0. The second-order valence-corrected chi connectivity index (χ2v) is 3.94. The van der Waals surface area contributed by atoms with Crippen LogP contribution < -0.4 is 10.6 Å². The summed E-state index contributed by atoms with van der Waals surface area (Å²) >= 11 is 0. The molecule has 98 valence electrons. The third kappa shape index (κ3) is 23.6. The SMILES string of the molecule is CCCCC[N]CCCCC.CC[N]CC. The maximum absolute atomic E-state index is 4.45. The predicted octanol–water partition coefficient (Wildman–Crippen LogP) is 3.60. The molecular weight excluding hydrogens is 196 g/mol. The van der Waals surface area contributed by atoms with Gasteiger partial charge < -0.3 is 0 Å². The Kier molecular flexibility index (Phi) is 23.3. The van der Waals surface area contributed by atoms with Crippen LogP contribution in [-0.2, 0) is 0 Å². The Bertz CT molecular complexity index is 84.7. The molecule has 0 aromatic carbocycles. The van der Waals surface area contributed by atoms with Gasteiger partial charge in [-0.25, -0.2) is 10.6 Å². The van der Waals surface area contributed by atoms with E-state index < -0.39 is 0 Å². The Balaban J connectivity index is 0. The zero-order chi connectivity index (χ0) is 12.5. The minimum atomic E-state index is 0.969. The molecule has 2 nitrogen and oxygen atoms in total. The van der Waals surface area contributed by atoms with E-state index >= 15 is 0 Å². The van der Waals surface area contributed by atoms with E-state index in [1.807, 2.05) is 13.8 Å². The summed E-state index contributed by atoms with van der Waals surface area (Å²) in [7, 11) is 0. The van der Waals surface area contributed by atoms with Crippen LogP contribution in [0.2, 0.25) is 0 Å². The van der Waals surface area contributed by atoms with Crippen LogP contribution in [-0.4, -0.2) is 26.2 Å². The maximum Gasteiger partial charge on any atom is 0.0133 e. The molecule has 2 radical (unpaired) electrons. The fraction of sp³-hybridized carbons (Fsp3) is 1.00. The lowest BCUT2D eigenvalue weighted by Crippen LogP contribution is -2.08. The van der Waals surface area contributed by atoms with E-state index in [1.54, 1.807) is 0 Å². The van der Waals surface area contributed by atoms with Crippen molar-refractivity contribution in [3.8, 4) is 0 Å². The van der Waals surface area contributed by atoms with E-state index in [2.05, 4.69) is 24.5 Å². The second kappa shape index (κ2) is 20.3. The van der Waals surface area contributed by atoms with Crippen LogP contribution in [0.5, 0.6) is 0 Å². The van der Waals surface area contributed by atoms with Gasteiger partial charge in [0.05, 0.1) is 0 Å². The molecule has 0 spiro atoms. The molecule has 0 saturated heterocycles. The topological polar surface area (TPSA) is 28.2 Å². The van der Waals surface area contributed by atoms with Crippen molar-refractivity contribution >= 4 is 0 Å². The molecule has 0 aliphatic carbocycles. The van der Waals surface area contributed by atoms with Gasteiger partial charge >= 0.3 is 0 Å². The van der Waals surface area contributed by atoms with Crippen molar-refractivity contribution in [1.29, 1.82) is 0 Å². The monoisotopic (exact) mass is 228 g/mol. The molecule has 0 N–H and O–H groups in total. The lowest BCUT2D eigenvalue weighted by Gasteiger charge is -2.00. The zero-order valence-corrected chi connectivity index (χ0v) is 12.0. The molecule has 0 saturated carbocycles. The minimum absolute atomic E-state index is 0.969. The molecule has 0 aliphatic heterocycles. The number of hydrogen-bond acceptors (Lipinski definition) is 0. The summed E-state index contributed by atoms with van der Waals surface area (Å²) in [4.78, 5) is 0. The van der Waals surface area contributed by atoms with Crippen molar-refractivity contribution in [1.82, 2.24) is 10.6 Å². The quantitative estimate of drug-likeness (QED) is 0.511. The van der Waals surface area contributed by atoms with Gasteiger partial charge in [0.1, 0.15) is 0 Å². The van der Waals surface area contributed by atoms with Gasteiger partial charge in [-0.05, 0) is 12.8 Å². The van der Waals surface area contributed by atoms with Gasteiger partial charge in [-0.1, -0.05) is 53.4 Å². The molecule has 16 heavy (non-hydrogen) atoms. The summed E-state index contributed by atoms with van der Waals surface area (Å²) in [5.74, 6) is 0. The van der Waals surface area contributed by atoms with Crippen LogP contribution in [0.1, 0.15) is 66.2 Å². The van der Waals surface area contributed by atoms with Gasteiger partial charge in [-0.15, -0.1) is 0 Å². The van der Waals surface area contributed by atoms with Crippen LogP contribution >= 0.6 is 0 Å². The van der Waals surface area contributed by atoms with Crippen LogP contribution in [0.3, 0.4) is 0 Å². The van der Waals surface area contributed by atoms with Crippen molar-refractivity contribution in [2.24, 2.45) is 0 Å². The van der Waals surface area contributed by atoms with Gasteiger partial charge in [-0.3, -0.25) is 0 Å². The summed E-state index contributed by atoms with van der Waals surface area (Å²) < 4.78 is 0. The van der Waals surface area contributed by atoms with Crippen molar-refractivity contribution < 1.29 is 0 Å². The van der Waals surface area contributed by atoms with E-state index in [1.165, 1.54) is 38.5 Å². The average Bonchev–Trinajstić information content (AvgIpc) is 2.30. The number of unbranched alkanes of at least 4 members (excludes halogenated alkanes) is 4. The highest BCUT2D eigenvalue weighted by atomic mass is 14.8. The zero-order valence-electron chi connectivity index (χ0n) is 12.0. The molecule has 0 aliphatic rings. The van der Waals surface area contributed by atoms with E-state index in [-0.39, 0.29) is 0 Å². The van der Waals surface area contributed by atoms with Crippen LogP contribution in [0, 0.1) is 0 Å². The Morgan fingerprint density at radius 1 is 0.562 bits per heavy atom. The second-order valence-electron chi connectivity index (χ2n) is 3.94. The minimum Gasteiger partial charge on any atom is -0.242 e. The summed E-state index contributed by atoms with van der Waals surface area (Å²) in [5, 5.41) is 8.42. The van der Waals surface area contributed by atoms with Crippen molar-refractivity contribution in [2.45, 2.75) is 66.2 Å². The van der Waals surface area contributed by atoms with Gasteiger partial charge in [-0.2, -0.15) is 0 Å². The highest BCUT2D eigenvalue weighted by Crippen LogP contribution is 1.94. The molecule has 0 heterocycles. The third-order valence-electron chi connectivity index (χ3n) is 2.29. The summed E-state index contributed by atoms with van der Waals surface area (Å²) in [6.07, 6.45) is 7.90. The van der Waals surface area contributed by atoms with Crippen LogP contribution in [0.25, 0.3) is 0 Å². The normalized spacial score (nSPS) is 9.75. The van der Waals surface area contributed by atoms with E-state index in [0.717, 1.165) is 26.2 Å². The molecule has 0 atom stereocenters. The highest BCUT2D eigenvalue weighted by molar-refractivity contribution is 4.47. The average molecular weight is 228 g/mol. The molecule has 0 amide bonds. The lowest BCUT2D eigenvalue weighted by atomic mass is 10.2. The van der Waals surface area contributed by atoms with Crippen LogP contribution in [0.4, 0.5) is 0 Å². The molecule has 0 unspecified atom stereocenters. The molecular formula is C14H32N2. The number of hydrogen-bond donors (Lipinski definition) is 0. The van der Waals surface area contributed by atoms with Crippen molar-refractivity contribution in [3.63, 3.8) is 0 Å². The molecule has 0 fully saturated rings. The van der Waals surface area contributed by atoms with Gasteiger partial charge in [0, 0.05) is 26.2 Å². The molecule has 0 bridgehead atoms. The Labute approximate surface area is 104 Å².